The van der Waals surface area contributed by atoms with Crippen LogP contribution < -0.4 is 5.32 Å². The van der Waals surface area contributed by atoms with E-state index in [1.807, 2.05) is 0 Å². The fourth-order valence-electron chi connectivity index (χ4n) is 1.18. The lowest BCUT2D eigenvalue weighted by Crippen LogP contribution is -2.10. The SMILES string of the molecule is O=C(O)C=Cc1cc(C(=O)Nc2ccon2)cs1. The van der Waals surface area contributed by atoms with Crippen LogP contribution >= 0.6 is 11.3 Å². The van der Waals surface area contributed by atoms with Crippen molar-refractivity contribution in [3.63, 3.8) is 0 Å². The van der Waals surface area contributed by atoms with Gasteiger partial charge >= 0.3 is 5.97 Å². The lowest BCUT2D eigenvalue weighted by molar-refractivity contribution is -0.131. The smallest absolute Gasteiger partial charge is 0.328 e. The molecule has 0 aliphatic carbocycles. The van der Waals surface area contributed by atoms with Crippen LogP contribution in [-0.2, 0) is 4.79 Å². The van der Waals surface area contributed by atoms with Gasteiger partial charge in [-0.15, -0.1) is 11.3 Å². The number of nitrogens with zero attached hydrogens (tertiary/aromatic N) is 1. The van der Waals surface area contributed by atoms with Crippen LogP contribution in [0.1, 0.15) is 15.2 Å². The summed E-state index contributed by atoms with van der Waals surface area (Å²) in [4.78, 5) is 22.8. The van der Waals surface area contributed by atoms with Crippen molar-refractivity contribution in [2.45, 2.75) is 0 Å². The van der Waals surface area contributed by atoms with E-state index in [2.05, 4.69) is 15.0 Å². The molecule has 2 rings (SSSR count). The van der Waals surface area contributed by atoms with Crippen molar-refractivity contribution in [3.05, 3.63) is 40.3 Å². The summed E-state index contributed by atoms with van der Waals surface area (Å²) in [6.07, 6.45) is 3.80. The number of carbonyl (C=O) groups is 2. The van der Waals surface area contributed by atoms with Crippen molar-refractivity contribution >= 4 is 35.1 Å². The summed E-state index contributed by atoms with van der Waals surface area (Å²) in [6.45, 7) is 0. The number of thiophene rings is 1. The molecule has 2 heterocycles. The van der Waals surface area contributed by atoms with Gasteiger partial charge in [0.1, 0.15) is 6.26 Å². The number of carboxylic acids is 1. The second-order valence-electron chi connectivity index (χ2n) is 3.25. The molecule has 0 aliphatic heterocycles. The maximum atomic E-state index is 11.7. The summed E-state index contributed by atoms with van der Waals surface area (Å²) in [5.74, 6) is -1.03. The van der Waals surface area contributed by atoms with Gasteiger partial charge in [-0.05, 0) is 12.1 Å². The number of carbonyl (C=O) groups excluding carboxylic acids is 1. The molecule has 7 heteroatoms. The summed E-state index contributed by atoms with van der Waals surface area (Å²) >= 11 is 1.28. The van der Waals surface area contributed by atoms with Gasteiger partial charge in [-0.3, -0.25) is 4.79 Å². The Hall–Kier alpha value is -2.41. The lowest BCUT2D eigenvalue weighted by atomic mass is 10.3. The Morgan fingerprint density at radius 2 is 2.33 bits per heavy atom. The van der Waals surface area contributed by atoms with Crippen LogP contribution in [0.3, 0.4) is 0 Å². The van der Waals surface area contributed by atoms with E-state index in [9.17, 15) is 9.59 Å². The Morgan fingerprint density at radius 1 is 1.50 bits per heavy atom. The van der Waals surface area contributed by atoms with Crippen LogP contribution in [0.2, 0.25) is 0 Å². The van der Waals surface area contributed by atoms with Gasteiger partial charge in [-0.25, -0.2) is 4.79 Å². The minimum Gasteiger partial charge on any atom is -0.478 e. The van der Waals surface area contributed by atoms with Gasteiger partial charge in [0.2, 0.25) is 0 Å². The van der Waals surface area contributed by atoms with Gasteiger partial charge in [0.15, 0.2) is 5.82 Å². The first-order valence-corrected chi connectivity index (χ1v) is 5.74. The molecule has 0 aliphatic rings. The number of aromatic nitrogens is 1. The highest BCUT2D eigenvalue weighted by Crippen LogP contribution is 2.17. The number of nitrogens with one attached hydrogen (secondary N) is 1. The fraction of sp³-hybridized carbons (Fsp3) is 0. The molecular weight excluding hydrogens is 256 g/mol. The van der Waals surface area contributed by atoms with E-state index in [1.165, 1.54) is 29.7 Å². The highest BCUT2D eigenvalue weighted by Gasteiger charge is 2.09. The molecule has 0 spiro atoms. The molecule has 2 aromatic rings. The average Bonchev–Trinajstić information content (AvgIpc) is 2.96. The normalized spacial score (nSPS) is 10.7. The van der Waals surface area contributed by atoms with Crippen molar-refractivity contribution in [1.82, 2.24) is 5.16 Å². The van der Waals surface area contributed by atoms with E-state index < -0.39 is 5.97 Å². The maximum absolute atomic E-state index is 11.7. The second-order valence-corrected chi connectivity index (χ2v) is 4.19. The number of anilines is 1. The molecule has 1 amide bonds. The molecule has 18 heavy (non-hydrogen) atoms. The topological polar surface area (TPSA) is 92.4 Å². The second kappa shape index (κ2) is 5.28. The minimum atomic E-state index is -1.03. The third-order valence-corrected chi connectivity index (χ3v) is 2.85. The van der Waals surface area contributed by atoms with Gasteiger partial charge < -0.3 is 14.9 Å². The van der Waals surface area contributed by atoms with Crippen LogP contribution in [0.25, 0.3) is 6.08 Å². The summed E-state index contributed by atoms with van der Waals surface area (Å²) in [7, 11) is 0. The zero-order valence-electron chi connectivity index (χ0n) is 8.99. The summed E-state index contributed by atoms with van der Waals surface area (Å²) in [6, 6.07) is 3.12. The zero-order valence-corrected chi connectivity index (χ0v) is 9.81. The lowest BCUT2D eigenvalue weighted by Gasteiger charge is -1.96. The van der Waals surface area contributed by atoms with E-state index in [0.717, 1.165) is 6.08 Å². The highest BCUT2D eigenvalue weighted by molar-refractivity contribution is 7.11. The van der Waals surface area contributed by atoms with E-state index in [1.54, 1.807) is 11.4 Å². The molecule has 6 nitrogen and oxygen atoms in total. The quantitative estimate of drug-likeness (QED) is 0.825. The van der Waals surface area contributed by atoms with Crippen molar-refractivity contribution in [2.24, 2.45) is 0 Å². The van der Waals surface area contributed by atoms with E-state index in [4.69, 9.17) is 5.11 Å². The van der Waals surface area contributed by atoms with E-state index in [-0.39, 0.29) is 5.91 Å². The third kappa shape index (κ3) is 3.05. The summed E-state index contributed by atoms with van der Waals surface area (Å²) < 4.78 is 4.58. The van der Waals surface area contributed by atoms with Crippen molar-refractivity contribution in [1.29, 1.82) is 0 Å². The highest BCUT2D eigenvalue weighted by atomic mass is 32.1. The first-order valence-electron chi connectivity index (χ1n) is 4.86. The molecule has 2 aromatic heterocycles. The Balaban J connectivity index is 2.05. The van der Waals surface area contributed by atoms with Gasteiger partial charge in [-0.2, -0.15) is 0 Å². The molecule has 92 valence electrons. The van der Waals surface area contributed by atoms with Gasteiger partial charge in [0.25, 0.3) is 5.91 Å². The van der Waals surface area contributed by atoms with Crippen molar-refractivity contribution < 1.29 is 19.2 Å². The molecule has 0 unspecified atom stereocenters. The number of carboxylic acid groups (broad SMARTS) is 1. The van der Waals surface area contributed by atoms with Gasteiger partial charge in [-0.1, -0.05) is 5.16 Å². The molecule has 0 bridgehead atoms. The summed E-state index contributed by atoms with van der Waals surface area (Å²) in [5, 5.41) is 16.2. The zero-order chi connectivity index (χ0) is 13.0. The monoisotopic (exact) mass is 264 g/mol. The molecule has 0 aromatic carbocycles. The van der Waals surface area contributed by atoms with Crippen molar-refractivity contribution in [2.75, 3.05) is 5.32 Å². The van der Waals surface area contributed by atoms with E-state index >= 15 is 0 Å². The first-order chi connectivity index (χ1) is 8.65. The van der Waals surface area contributed by atoms with Crippen LogP contribution in [0, 0.1) is 0 Å². The van der Waals surface area contributed by atoms with Crippen LogP contribution in [0.15, 0.2) is 34.4 Å². The van der Waals surface area contributed by atoms with Crippen LogP contribution in [0.5, 0.6) is 0 Å². The molecule has 0 fully saturated rings. The Kier molecular flexibility index (Phi) is 3.54. The third-order valence-electron chi connectivity index (χ3n) is 1.95. The van der Waals surface area contributed by atoms with Gasteiger partial charge in [0, 0.05) is 22.4 Å². The maximum Gasteiger partial charge on any atom is 0.328 e. The molecule has 0 saturated carbocycles. The average molecular weight is 264 g/mol. The molecule has 2 N–H and O–H groups in total. The van der Waals surface area contributed by atoms with Crippen LogP contribution in [-0.4, -0.2) is 22.1 Å². The summed E-state index contributed by atoms with van der Waals surface area (Å²) in [5.41, 5.74) is 0.438. The molecule has 0 radical (unpaired) electrons. The number of hydrogen-bond donors (Lipinski definition) is 2. The van der Waals surface area contributed by atoms with Gasteiger partial charge in [0.05, 0.1) is 5.56 Å². The number of aliphatic carboxylic acids is 1. The molecular formula is C11H8N2O4S. The molecule has 0 atom stereocenters. The minimum absolute atomic E-state index is 0.324. The van der Waals surface area contributed by atoms with Crippen LogP contribution in [0.4, 0.5) is 5.82 Å². The first kappa shape index (κ1) is 12.1. The van der Waals surface area contributed by atoms with Crippen molar-refractivity contribution in [3.8, 4) is 0 Å². The predicted octanol–water partition coefficient (Wildman–Crippen LogP) is 2.09. The fourth-order valence-corrected chi connectivity index (χ4v) is 1.96. The number of rotatable bonds is 4. The Labute approximate surface area is 106 Å². The Morgan fingerprint density at radius 3 is 3.00 bits per heavy atom. The Bertz CT molecular complexity index is 586. The van der Waals surface area contributed by atoms with E-state index in [0.29, 0.717) is 16.3 Å². The number of hydrogen-bond acceptors (Lipinski definition) is 5. The standard InChI is InChI=1S/C11H8N2O4S/c14-10(15)2-1-8-5-7(6-18-8)11(16)12-9-3-4-17-13-9/h1-6H,(H,14,15)(H,12,13,16). The largest absolute Gasteiger partial charge is 0.478 e. The number of amides is 1. The predicted molar refractivity (Wildman–Crippen MR) is 65.4 cm³/mol. The molecule has 0 saturated heterocycles.